The van der Waals surface area contributed by atoms with Crippen LogP contribution in [0.5, 0.6) is 5.75 Å². The second-order valence-electron chi connectivity index (χ2n) is 7.25. The third-order valence-corrected chi connectivity index (χ3v) is 5.36. The van der Waals surface area contributed by atoms with Crippen molar-refractivity contribution >= 4 is 5.91 Å². The van der Waals surface area contributed by atoms with Gasteiger partial charge in [-0.1, -0.05) is 18.2 Å². The van der Waals surface area contributed by atoms with Crippen molar-refractivity contribution in [1.29, 1.82) is 0 Å². The van der Waals surface area contributed by atoms with Crippen molar-refractivity contribution in [3.63, 3.8) is 0 Å². The summed E-state index contributed by atoms with van der Waals surface area (Å²) in [6.45, 7) is 4.79. The van der Waals surface area contributed by atoms with Gasteiger partial charge in [-0.25, -0.2) is 0 Å². The molecule has 1 fully saturated rings. The second kappa shape index (κ2) is 10.3. The van der Waals surface area contributed by atoms with Gasteiger partial charge in [-0.2, -0.15) is 0 Å². The molecule has 152 valence electrons. The van der Waals surface area contributed by atoms with Crippen LogP contribution in [0.4, 0.5) is 0 Å². The highest BCUT2D eigenvalue weighted by molar-refractivity contribution is 5.91. The van der Waals surface area contributed by atoms with Gasteiger partial charge in [0.05, 0.1) is 20.0 Å². The van der Waals surface area contributed by atoms with E-state index in [0.717, 1.165) is 44.8 Å². The zero-order valence-electron chi connectivity index (χ0n) is 16.8. The van der Waals surface area contributed by atoms with Gasteiger partial charge in [-0.05, 0) is 50.0 Å². The molecule has 1 aromatic carbocycles. The number of likely N-dealkylation sites (tertiary alicyclic amines) is 1. The van der Waals surface area contributed by atoms with Gasteiger partial charge in [0, 0.05) is 32.3 Å². The van der Waals surface area contributed by atoms with Crippen molar-refractivity contribution in [2.24, 2.45) is 5.92 Å². The number of methoxy groups -OCH3 is 2. The molecule has 0 radical (unpaired) electrons. The van der Waals surface area contributed by atoms with Crippen molar-refractivity contribution in [2.75, 3.05) is 47.0 Å². The molecule has 0 atom stereocenters. The molecule has 28 heavy (non-hydrogen) atoms. The van der Waals surface area contributed by atoms with Gasteiger partial charge >= 0.3 is 0 Å². The van der Waals surface area contributed by atoms with E-state index in [0.29, 0.717) is 24.8 Å². The number of rotatable bonds is 9. The number of piperidine rings is 1. The fourth-order valence-electron chi connectivity index (χ4n) is 3.75. The average molecular weight is 386 g/mol. The van der Waals surface area contributed by atoms with Crippen LogP contribution in [0.3, 0.4) is 0 Å². The van der Waals surface area contributed by atoms with E-state index in [-0.39, 0.29) is 5.91 Å². The highest BCUT2D eigenvalue weighted by Crippen LogP contribution is 2.24. The first-order valence-electron chi connectivity index (χ1n) is 9.87. The second-order valence-corrected chi connectivity index (χ2v) is 7.25. The topological polar surface area (TPSA) is 55.2 Å². The van der Waals surface area contributed by atoms with E-state index in [1.807, 2.05) is 17.0 Å². The number of hydrogen-bond acceptors (Lipinski definition) is 5. The predicted molar refractivity (Wildman–Crippen MR) is 107 cm³/mol. The van der Waals surface area contributed by atoms with E-state index < -0.39 is 0 Å². The van der Waals surface area contributed by atoms with Crippen molar-refractivity contribution in [3.05, 3.63) is 54.0 Å². The average Bonchev–Trinajstić information content (AvgIpc) is 3.27. The fourth-order valence-corrected chi connectivity index (χ4v) is 3.75. The summed E-state index contributed by atoms with van der Waals surface area (Å²) >= 11 is 0. The molecule has 0 N–H and O–H groups in total. The van der Waals surface area contributed by atoms with Crippen LogP contribution >= 0.6 is 0 Å². The first-order chi connectivity index (χ1) is 13.7. The van der Waals surface area contributed by atoms with Crippen LogP contribution < -0.4 is 4.74 Å². The van der Waals surface area contributed by atoms with Crippen molar-refractivity contribution < 1.29 is 18.7 Å². The standard InChI is InChI=1S/C22H30N2O4/c1-26-15-13-24(22(25)21-8-5-14-28-21)16-18-9-11-23(12-10-18)17-19-6-3-4-7-20(19)27-2/h3-8,14,18H,9-13,15-17H2,1-2H3. The van der Waals surface area contributed by atoms with Crippen LogP contribution in [-0.4, -0.2) is 62.7 Å². The number of hydrogen-bond donors (Lipinski definition) is 0. The minimum Gasteiger partial charge on any atom is -0.496 e. The molecule has 0 saturated carbocycles. The minimum absolute atomic E-state index is 0.0569. The van der Waals surface area contributed by atoms with E-state index in [2.05, 4.69) is 17.0 Å². The Hall–Kier alpha value is -2.31. The molecule has 0 aliphatic carbocycles. The van der Waals surface area contributed by atoms with Crippen LogP contribution in [0.2, 0.25) is 0 Å². The lowest BCUT2D eigenvalue weighted by atomic mass is 9.95. The molecule has 1 aromatic heterocycles. The van der Waals surface area contributed by atoms with Crippen molar-refractivity contribution in [1.82, 2.24) is 9.80 Å². The highest BCUT2D eigenvalue weighted by atomic mass is 16.5. The van der Waals surface area contributed by atoms with Crippen LogP contribution in [0.15, 0.2) is 47.1 Å². The summed E-state index contributed by atoms with van der Waals surface area (Å²) < 4.78 is 16.0. The number of carbonyl (C=O) groups excluding carboxylic acids is 1. The molecule has 0 spiro atoms. The van der Waals surface area contributed by atoms with E-state index in [1.54, 1.807) is 26.4 Å². The van der Waals surface area contributed by atoms with Crippen LogP contribution in [0.25, 0.3) is 0 Å². The monoisotopic (exact) mass is 386 g/mol. The zero-order chi connectivity index (χ0) is 19.8. The van der Waals surface area contributed by atoms with E-state index in [1.165, 1.54) is 11.8 Å². The normalized spacial score (nSPS) is 15.5. The molecule has 0 unspecified atom stereocenters. The lowest BCUT2D eigenvalue weighted by Crippen LogP contribution is -2.41. The number of nitrogens with zero attached hydrogens (tertiary/aromatic N) is 2. The van der Waals surface area contributed by atoms with Crippen LogP contribution in [0.1, 0.15) is 29.0 Å². The predicted octanol–water partition coefficient (Wildman–Crippen LogP) is 3.29. The Kier molecular flexibility index (Phi) is 7.51. The fraction of sp³-hybridized carbons (Fsp3) is 0.500. The summed E-state index contributed by atoms with van der Waals surface area (Å²) in [7, 11) is 3.38. The number of carbonyl (C=O) groups is 1. The molecule has 2 heterocycles. The van der Waals surface area contributed by atoms with Gasteiger partial charge in [0.15, 0.2) is 5.76 Å². The number of benzene rings is 1. The van der Waals surface area contributed by atoms with E-state index >= 15 is 0 Å². The molecule has 2 aromatic rings. The smallest absolute Gasteiger partial charge is 0.289 e. The Morgan fingerprint density at radius 1 is 1.18 bits per heavy atom. The molecular formula is C22H30N2O4. The number of amides is 1. The molecule has 3 rings (SSSR count). The van der Waals surface area contributed by atoms with Gasteiger partial charge in [0.1, 0.15) is 5.75 Å². The number of para-hydroxylation sites is 1. The first-order valence-corrected chi connectivity index (χ1v) is 9.87. The molecule has 6 nitrogen and oxygen atoms in total. The van der Waals surface area contributed by atoms with Crippen LogP contribution in [-0.2, 0) is 11.3 Å². The lowest BCUT2D eigenvalue weighted by molar-refractivity contribution is 0.0588. The number of ether oxygens (including phenoxy) is 2. The van der Waals surface area contributed by atoms with Crippen LogP contribution in [0, 0.1) is 5.92 Å². The first kappa shape index (κ1) is 20.4. The molecule has 6 heteroatoms. The SMILES string of the molecule is COCCN(CC1CCN(Cc2ccccc2OC)CC1)C(=O)c1ccco1. The maximum atomic E-state index is 12.7. The van der Waals surface area contributed by atoms with Gasteiger partial charge in [0.25, 0.3) is 5.91 Å². The Balaban J connectivity index is 1.53. The molecular weight excluding hydrogens is 356 g/mol. The maximum absolute atomic E-state index is 12.7. The third-order valence-electron chi connectivity index (χ3n) is 5.36. The summed E-state index contributed by atoms with van der Waals surface area (Å²) in [5, 5.41) is 0. The molecule has 0 bridgehead atoms. The molecule has 1 aliphatic heterocycles. The van der Waals surface area contributed by atoms with Crippen molar-refractivity contribution in [2.45, 2.75) is 19.4 Å². The highest BCUT2D eigenvalue weighted by Gasteiger charge is 2.25. The summed E-state index contributed by atoms with van der Waals surface area (Å²) in [5.74, 6) is 1.77. The van der Waals surface area contributed by atoms with Gasteiger partial charge in [-0.15, -0.1) is 0 Å². The van der Waals surface area contributed by atoms with Gasteiger partial charge in [-0.3, -0.25) is 9.69 Å². The molecule has 1 amide bonds. The summed E-state index contributed by atoms with van der Waals surface area (Å²) in [6.07, 6.45) is 3.69. The Morgan fingerprint density at radius 2 is 1.96 bits per heavy atom. The Labute approximate surface area is 167 Å². The van der Waals surface area contributed by atoms with Gasteiger partial charge < -0.3 is 18.8 Å². The van der Waals surface area contributed by atoms with E-state index in [9.17, 15) is 4.79 Å². The summed E-state index contributed by atoms with van der Waals surface area (Å²) in [4.78, 5) is 17.0. The summed E-state index contributed by atoms with van der Waals surface area (Å²) in [5.41, 5.74) is 1.22. The molecule has 1 aliphatic rings. The third kappa shape index (κ3) is 5.36. The lowest BCUT2D eigenvalue weighted by Gasteiger charge is -2.35. The quantitative estimate of drug-likeness (QED) is 0.662. The number of furan rings is 1. The largest absolute Gasteiger partial charge is 0.496 e. The van der Waals surface area contributed by atoms with E-state index in [4.69, 9.17) is 13.9 Å². The maximum Gasteiger partial charge on any atom is 0.289 e. The summed E-state index contributed by atoms with van der Waals surface area (Å²) in [6, 6.07) is 11.7. The Bertz CT molecular complexity index is 724. The zero-order valence-corrected chi connectivity index (χ0v) is 16.8. The minimum atomic E-state index is -0.0569. The molecule has 1 saturated heterocycles. The van der Waals surface area contributed by atoms with Crippen molar-refractivity contribution in [3.8, 4) is 5.75 Å². The van der Waals surface area contributed by atoms with Gasteiger partial charge in [0.2, 0.25) is 0 Å². The Morgan fingerprint density at radius 3 is 2.64 bits per heavy atom.